The highest BCUT2D eigenvalue weighted by Gasteiger charge is 2.21. The van der Waals surface area contributed by atoms with Crippen LogP contribution in [-0.4, -0.2) is 26.8 Å². The van der Waals surface area contributed by atoms with Gasteiger partial charge in [0.05, 0.1) is 29.5 Å². The number of ether oxygens (including phenoxy) is 1. The third kappa shape index (κ3) is 4.74. The molecule has 0 N–H and O–H groups in total. The molecule has 1 fully saturated rings. The normalized spacial score (nSPS) is 17.6. The van der Waals surface area contributed by atoms with Crippen molar-refractivity contribution in [3.63, 3.8) is 0 Å². The molecule has 0 amide bonds. The molecule has 5 heteroatoms. The molecule has 104 valence electrons. The van der Waals surface area contributed by atoms with Crippen LogP contribution in [0.5, 0.6) is 5.75 Å². The highest BCUT2D eigenvalue weighted by molar-refractivity contribution is 7.85. The Morgan fingerprint density at radius 1 is 1.47 bits per heavy atom. The molecule has 1 aliphatic rings. The van der Waals surface area contributed by atoms with E-state index in [1.54, 1.807) is 12.4 Å². The minimum absolute atomic E-state index is 0.343. The molecule has 1 aromatic rings. The highest BCUT2D eigenvalue weighted by atomic mass is 32.2. The molecule has 19 heavy (non-hydrogen) atoms. The Bertz CT molecular complexity index is 473. The molecule has 1 atom stereocenters. The quantitative estimate of drug-likeness (QED) is 0.779. The first-order valence-corrected chi connectivity index (χ1v) is 7.61. The Morgan fingerprint density at radius 2 is 2.21 bits per heavy atom. The van der Waals surface area contributed by atoms with Gasteiger partial charge in [-0.1, -0.05) is 0 Å². The van der Waals surface area contributed by atoms with E-state index in [2.05, 4.69) is 9.38 Å². The maximum atomic E-state index is 11.7. The monoisotopic (exact) mass is 280 g/mol. The largest absolute Gasteiger partial charge is 0.492 e. The molecule has 0 aliphatic heterocycles. The van der Waals surface area contributed by atoms with Crippen LogP contribution in [0.1, 0.15) is 39.3 Å². The molecule has 1 heterocycles. The predicted molar refractivity (Wildman–Crippen MR) is 77.9 cm³/mol. The number of pyridine rings is 1. The van der Waals surface area contributed by atoms with E-state index in [1.807, 2.05) is 32.9 Å². The zero-order valence-corrected chi connectivity index (χ0v) is 12.4. The lowest BCUT2D eigenvalue weighted by atomic mass is 10.3. The van der Waals surface area contributed by atoms with E-state index in [4.69, 9.17) is 4.74 Å². The van der Waals surface area contributed by atoms with E-state index in [0.717, 1.165) is 18.3 Å². The van der Waals surface area contributed by atoms with Crippen molar-refractivity contribution in [1.29, 1.82) is 0 Å². The highest BCUT2D eigenvalue weighted by Crippen LogP contribution is 2.29. The van der Waals surface area contributed by atoms with Crippen molar-refractivity contribution in [1.82, 2.24) is 4.98 Å². The van der Waals surface area contributed by atoms with Crippen molar-refractivity contribution in [3.05, 3.63) is 24.0 Å². The molecule has 1 aromatic heterocycles. The lowest BCUT2D eigenvalue weighted by molar-refractivity contribution is 0.298. The van der Waals surface area contributed by atoms with Gasteiger partial charge in [0.1, 0.15) is 16.7 Å². The maximum Gasteiger partial charge on any atom is 0.144 e. The van der Waals surface area contributed by atoms with E-state index in [1.165, 1.54) is 12.8 Å². The van der Waals surface area contributed by atoms with Gasteiger partial charge in [-0.3, -0.25) is 4.98 Å². The summed E-state index contributed by atoms with van der Waals surface area (Å²) in [5.74, 6) is 1.51. The minimum Gasteiger partial charge on any atom is -0.492 e. The Kier molecular flexibility index (Phi) is 4.34. The lowest BCUT2D eigenvalue weighted by Crippen LogP contribution is -2.19. The van der Waals surface area contributed by atoms with Crippen LogP contribution in [0, 0.1) is 5.92 Å². The van der Waals surface area contributed by atoms with Crippen LogP contribution in [0.15, 0.2) is 22.7 Å². The number of hydrogen-bond acceptors (Lipinski definition) is 3. The van der Waals surface area contributed by atoms with Crippen molar-refractivity contribution in [3.8, 4) is 5.75 Å². The van der Waals surface area contributed by atoms with Crippen molar-refractivity contribution < 1.29 is 8.95 Å². The number of nitrogens with zero attached hydrogens (tertiary/aromatic N) is 2. The molecular weight excluding hydrogens is 260 g/mol. The van der Waals surface area contributed by atoms with Gasteiger partial charge < -0.3 is 4.74 Å². The predicted octanol–water partition coefficient (Wildman–Crippen LogP) is 2.75. The third-order valence-corrected chi connectivity index (χ3v) is 4.09. The topological polar surface area (TPSA) is 51.5 Å². The van der Waals surface area contributed by atoms with Gasteiger partial charge in [0.2, 0.25) is 0 Å². The Labute approximate surface area is 116 Å². The van der Waals surface area contributed by atoms with Gasteiger partial charge in [-0.25, -0.2) is 4.21 Å². The fraction of sp³-hybridized carbons (Fsp3) is 0.571. The van der Waals surface area contributed by atoms with Gasteiger partial charge in [-0.05, 0) is 51.7 Å². The van der Waals surface area contributed by atoms with Crippen LogP contribution in [0.3, 0.4) is 0 Å². The molecule has 1 aliphatic carbocycles. The van der Waals surface area contributed by atoms with Gasteiger partial charge >= 0.3 is 0 Å². The van der Waals surface area contributed by atoms with Crippen LogP contribution in [-0.2, 0) is 11.0 Å². The number of aromatic nitrogens is 1. The molecule has 0 spiro atoms. The van der Waals surface area contributed by atoms with Crippen molar-refractivity contribution in [2.24, 2.45) is 10.3 Å². The second kappa shape index (κ2) is 5.82. The molecule has 0 bridgehead atoms. The number of hydrogen-bond donors (Lipinski definition) is 0. The van der Waals surface area contributed by atoms with Crippen LogP contribution >= 0.6 is 0 Å². The first kappa shape index (κ1) is 14.2. The second-order valence-corrected chi connectivity index (χ2v) is 7.70. The summed E-state index contributed by atoms with van der Waals surface area (Å²) >= 11 is 0. The zero-order chi connectivity index (χ0) is 13.9. The molecule has 1 saturated carbocycles. The average molecular weight is 280 g/mol. The summed E-state index contributed by atoms with van der Waals surface area (Å²) in [7, 11) is -1.25. The molecule has 0 saturated heterocycles. The average Bonchev–Trinajstić information content (AvgIpc) is 3.17. The summed E-state index contributed by atoms with van der Waals surface area (Å²) in [5.41, 5.74) is 0.691. The minimum atomic E-state index is -1.25. The van der Waals surface area contributed by atoms with Gasteiger partial charge in [0, 0.05) is 0 Å². The molecule has 4 nitrogen and oxygen atoms in total. The van der Waals surface area contributed by atoms with Crippen LogP contribution < -0.4 is 4.74 Å². The van der Waals surface area contributed by atoms with Gasteiger partial charge in [-0.2, -0.15) is 4.40 Å². The fourth-order valence-corrected chi connectivity index (χ4v) is 1.83. The lowest BCUT2D eigenvalue weighted by Gasteiger charge is -2.12. The Morgan fingerprint density at radius 3 is 2.74 bits per heavy atom. The Balaban J connectivity index is 1.90. The molecule has 0 radical (unpaired) electrons. The third-order valence-electron chi connectivity index (χ3n) is 2.75. The summed E-state index contributed by atoms with van der Waals surface area (Å²) in [6.45, 7) is 6.46. The Hall–Kier alpha value is -1.23. The number of rotatable bonds is 5. The van der Waals surface area contributed by atoms with Crippen molar-refractivity contribution in [2.75, 3.05) is 6.61 Å². The summed E-state index contributed by atoms with van der Waals surface area (Å²) in [4.78, 5) is 4.22. The van der Waals surface area contributed by atoms with Gasteiger partial charge in [-0.15, -0.1) is 0 Å². The standard InChI is InChI=1S/C14H20N2O2S/c1-14(2,3)19(17)16-8-12-6-7-13(9-15-12)18-10-11-4-5-11/h6-9,11H,4-5,10H2,1-3H3. The van der Waals surface area contributed by atoms with Crippen molar-refractivity contribution >= 4 is 17.2 Å². The maximum absolute atomic E-state index is 11.7. The molecular formula is C14H20N2O2S. The van der Waals surface area contributed by atoms with E-state index in [0.29, 0.717) is 5.69 Å². The second-order valence-electron chi connectivity index (χ2n) is 5.77. The zero-order valence-electron chi connectivity index (χ0n) is 11.6. The summed E-state index contributed by atoms with van der Waals surface area (Å²) in [6.07, 6.45) is 5.78. The van der Waals surface area contributed by atoms with Crippen LogP contribution in [0.25, 0.3) is 0 Å². The van der Waals surface area contributed by atoms with Gasteiger partial charge in [0.15, 0.2) is 0 Å². The summed E-state index contributed by atoms with van der Waals surface area (Å²) in [5, 5.41) is 0. The van der Waals surface area contributed by atoms with E-state index >= 15 is 0 Å². The van der Waals surface area contributed by atoms with Crippen LogP contribution in [0.2, 0.25) is 0 Å². The van der Waals surface area contributed by atoms with Crippen molar-refractivity contribution in [2.45, 2.75) is 38.4 Å². The fourth-order valence-electron chi connectivity index (χ4n) is 1.31. The van der Waals surface area contributed by atoms with E-state index in [-0.39, 0.29) is 4.75 Å². The van der Waals surface area contributed by atoms with Crippen LogP contribution in [0.4, 0.5) is 0 Å². The smallest absolute Gasteiger partial charge is 0.144 e. The van der Waals surface area contributed by atoms with E-state index < -0.39 is 11.0 Å². The van der Waals surface area contributed by atoms with Gasteiger partial charge in [0.25, 0.3) is 0 Å². The van der Waals surface area contributed by atoms with E-state index in [9.17, 15) is 4.21 Å². The molecule has 2 rings (SSSR count). The first-order valence-electron chi connectivity index (χ1n) is 6.50. The summed E-state index contributed by atoms with van der Waals surface area (Å²) in [6, 6.07) is 3.70. The molecule has 1 unspecified atom stereocenters. The summed E-state index contributed by atoms with van der Waals surface area (Å²) < 4.78 is 21.0. The molecule has 0 aromatic carbocycles. The first-order chi connectivity index (χ1) is 8.95. The SMILES string of the molecule is CC(C)(C)S(=O)N=Cc1ccc(OCC2CC2)cn1.